The number of carboxylic acid groups (broad SMARTS) is 2. The molecule has 9 nitrogen and oxygen atoms in total. The maximum absolute atomic E-state index is 12.0. The molecule has 0 unspecified atom stereocenters. The maximum Gasteiger partial charge on any atom is 0.475 e. The molecular weight excluding hydrogens is 283 g/mol. The quantitative estimate of drug-likeness (QED) is 0.561. The third-order valence-electron chi connectivity index (χ3n) is 1.83. The number of rotatable bonds is 10. The van der Waals surface area contributed by atoms with E-state index in [9.17, 15) is 14.2 Å². The Bertz CT molecular complexity index is 346. The van der Waals surface area contributed by atoms with Gasteiger partial charge in [-0.3, -0.25) is 13.6 Å². The summed E-state index contributed by atoms with van der Waals surface area (Å²) in [7, 11) is -3.17. The van der Waals surface area contributed by atoms with Crippen LogP contribution < -0.4 is 0 Å². The summed E-state index contributed by atoms with van der Waals surface area (Å²) < 4.78 is 30.6. The zero-order valence-electron chi connectivity index (χ0n) is 10.8. The first-order valence-electron chi connectivity index (χ1n) is 5.37. The monoisotopic (exact) mass is 300 g/mol. The second-order valence-corrected chi connectivity index (χ2v) is 4.76. The fourth-order valence-electron chi connectivity index (χ4n) is 1.14. The minimum Gasteiger partial charge on any atom is -0.479 e. The Kier molecular flexibility index (Phi) is 7.81. The van der Waals surface area contributed by atoms with Crippen LogP contribution in [-0.4, -0.2) is 54.7 Å². The smallest absolute Gasteiger partial charge is 0.475 e. The van der Waals surface area contributed by atoms with Crippen LogP contribution in [0.2, 0.25) is 0 Å². The molecule has 0 aromatic rings. The molecule has 0 rings (SSSR count). The van der Waals surface area contributed by atoms with Crippen LogP contribution in [0.1, 0.15) is 13.8 Å². The second kappa shape index (κ2) is 8.23. The highest BCUT2D eigenvalue weighted by atomic mass is 31.2. The first-order valence-corrected chi connectivity index (χ1v) is 6.83. The zero-order valence-corrected chi connectivity index (χ0v) is 11.7. The summed E-state index contributed by atoms with van der Waals surface area (Å²) in [6.45, 7) is 2.87. The van der Waals surface area contributed by atoms with Crippen molar-refractivity contribution in [2.45, 2.75) is 26.1 Å². The van der Waals surface area contributed by atoms with Gasteiger partial charge in [0.15, 0.2) is 6.10 Å². The molecule has 112 valence electrons. The summed E-state index contributed by atoms with van der Waals surface area (Å²) >= 11 is 0. The number of hydrogen-bond acceptors (Lipinski definition) is 7. The van der Waals surface area contributed by atoms with Crippen molar-refractivity contribution < 1.29 is 42.7 Å². The summed E-state index contributed by atoms with van der Waals surface area (Å²) in [5.74, 6) is -3.23. The molecule has 0 aromatic heterocycles. The van der Waals surface area contributed by atoms with Crippen molar-refractivity contribution in [3.63, 3.8) is 0 Å². The number of methoxy groups -OCH3 is 1. The summed E-state index contributed by atoms with van der Waals surface area (Å²) in [4.78, 5) is 21.8. The van der Waals surface area contributed by atoms with E-state index in [1.54, 1.807) is 0 Å². The molecule has 0 bridgehead atoms. The highest BCUT2D eigenvalue weighted by Crippen LogP contribution is 2.50. The standard InChI is InChI=1S/C9H17O9P/c1-4-16-19(14,17-5-2)18-7(9(12)13)6(15-3)8(10)11/h6-7H,4-5H2,1-3H3,(H,10,11)(H,12,13)/t6-,7-/m1/s1. The number of carboxylic acids is 2. The van der Waals surface area contributed by atoms with Crippen molar-refractivity contribution in [3.8, 4) is 0 Å². The van der Waals surface area contributed by atoms with Gasteiger partial charge < -0.3 is 14.9 Å². The lowest BCUT2D eigenvalue weighted by Crippen LogP contribution is -2.42. The van der Waals surface area contributed by atoms with Gasteiger partial charge in [0.1, 0.15) is 0 Å². The lowest BCUT2D eigenvalue weighted by atomic mass is 10.2. The van der Waals surface area contributed by atoms with E-state index >= 15 is 0 Å². The van der Waals surface area contributed by atoms with Crippen molar-refractivity contribution in [1.82, 2.24) is 0 Å². The Morgan fingerprint density at radius 2 is 1.47 bits per heavy atom. The van der Waals surface area contributed by atoms with E-state index in [4.69, 9.17) is 23.8 Å². The maximum atomic E-state index is 12.0. The first kappa shape index (κ1) is 18.0. The fraction of sp³-hybridized carbons (Fsp3) is 0.778. The van der Waals surface area contributed by atoms with Crippen LogP contribution >= 0.6 is 7.82 Å². The van der Waals surface area contributed by atoms with Crippen LogP contribution in [0.5, 0.6) is 0 Å². The Morgan fingerprint density at radius 3 is 1.74 bits per heavy atom. The predicted molar refractivity (Wildman–Crippen MR) is 61.8 cm³/mol. The van der Waals surface area contributed by atoms with E-state index < -0.39 is 32.0 Å². The predicted octanol–water partition coefficient (Wildman–Crippen LogP) is 0.737. The SMILES string of the molecule is CCOP(=O)(OCC)O[C@@H](C(=O)O)[C@@H](OC)C(=O)O. The Balaban J connectivity index is 5.14. The van der Waals surface area contributed by atoms with Gasteiger partial charge in [0.05, 0.1) is 13.2 Å². The summed E-state index contributed by atoms with van der Waals surface area (Å²) in [5.41, 5.74) is 0. The Hall–Kier alpha value is -0.990. The molecule has 0 aliphatic carbocycles. The normalized spacial score (nSPS) is 14.9. The topological polar surface area (TPSA) is 129 Å². The Labute approximate surface area is 110 Å². The van der Waals surface area contributed by atoms with E-state index in [2.05, 4.69) is 4.74 Å². The van der Waals surface area contributed by atoms with Crippen LogP contribution in [0, 0.1) is 0 Å². The van der Waals surface area contributed by atoms with Gasteiger partial charge >= 0.3 is 19.8 Å². The molecule has 0 radical (unpaired) electrons. The van der Waals surface area contributed by atoms with E-state index in [-0.39, 0.29) is 13.2 Å². The van der Waals surface area contributed by atoms with Crippen molar-refractivity contribution in [3.05, 3.63) is 0 Å². The van der Waals surface area contributed by atoms with Gasteiger partial charge in [-0.25, -0.2) is 14.2 Å². The van der Waals surface area contributed by atoms with E-state index in [0.717, 1.165) is 7.11 Å². The van der Waals surface area contributed by atoms with Crippen LogP contribution in [0.3, 0.4) is 0 Å². The van der Waals surface area contributed by atoms with Crippen LogP contribution in [0.15, 0.2) is 0 Å². The summed E-state index contributed by atoms with van der Waals surface area (Å²) in [6, 6.07) is 0. The number of phosphoric ester groups is 1. The summed E-state index contributed by atoms with van der Waals surface area (Å²) in [6.07, 6.45) is -3.86. The van der Waals surface area contributed by atoms with Crippen LogP contribution in [-0.2, 0) is 32.5 Å². The average molecular weight is 300 g/mol. The highest BCUT2D eigenvalue weighted by Gasteiger charge is 2.42. The van der Waals surface area contributed by atoms with E-state index in [0.29, 0.717) is 0 Å². The largest absolute Gasteiger partial charge is 0.479 e. The molecule has 0 heterocycles. The molecule has 19 heavy (non-hydrogen) atoms. The molecule has 0 amide bonds. The molecule has 0 aliphatic heterocycles. The van der Waals surface area contributed by atoms with Gasteiger partial charge in [0, 0.05) is 7.11 Å². The van der Waals surface area contributed by atoms with Gasteiger partial charge in [-0.05, 0) is 13.8 Å². The van der Waals surface area contributed by atoms with Crippen molar-refractivity contribution in [2.75, 3.05) is 20.3 Å². The number of hydrogen-bond donors (Lipinski definition) is 2. The van der Waals surface area contributed by atoms with Crippen molar-refractivity contribution >= 4 is 19.8 Å². The first-order chi connectivity index (χ1) is 8.81. The van der Waals surface area contributed by atoms with Crippen LogP contribution in [0.4, 0.5) is 0 Å². The number of ether oxygens (including phenoxy) is 1. The zero-order chi connectivity index (χ0) is 15.1. The minimum absolute atomic E-state index is 0.0612. The fourth-order valence-corrected chi connectivity index (χ4v) is 2.44. The number of carbonyl (C=O) groups is 2. The second-order valence-electron chi connectivity index (χ2n) is 3.14. The van der Waals surface area contributed by atoms with Gasteiger partial charge in [-0.2, -0.15) is 0 Å². The molecule has 2 N–H and O–H groups in total. The van der Waals surface area contributed by atoms with Crippen LogP contribution in [0.25, 0.3) is 0 Å². The Morgan fingerprint density at radius 1 is 1.05 bits per heavy atom. The molecular formula is C9H17O9P. The van der Waals surface area contributed by atoms with E-state index in [1.807, 2.05) is 0 Å². The van der Waals surface area contributed by atoms with Crippen molar-refractivity contribution in [1.29, 1.82) is 0 Å². The lowest BCUT2D eigenvalue weighted by molar-refractivity contribution is -0.167. The number of phosphoric acid groups is 1. The molecule has 0 fully saturated rings. The molecule has 0 saturated carbocycles. The molecule has 0 saturated heterocycles. The molecule has 2 atom stereocenters. The van der Waals surface area contributed by atoms with Gasteiger partial charge in [-0.1, -0.05) is 0 Å². The van der Waals surface area contributed by atoms with Gasteiger partial charge in [0.2, 0.25) is 6.10 Å². The van der Waals surface area contributed by atoms with Gasteiger partial charge in [0.25, 0.3) is 0 Å². The summed E-state index contributed by atoms with van der Waals surface area (Å²) in [5, 5.41) is 17.7. The number of aliphatic carboxylic acids is 2. The third-order valence-corrected chi connectivity index (χ3v) is 3.47. The van der Waals surface area contributed by atoms with Crippen molar-refractivity contribution in [2.24, 2.45) is 0 Å². The van der Waals surface area contributed by atoms with Gasteiger partial charge in [-0.15, -0.1) is 0 Å². The lowest BCUT2D eigenvalue weighted by Gasteiger charge is -2.23. The highest BCUT2D eigenvalue weighted by molar-refractivity contribution is 7.48. The molecule has 10 heteroatoms. The molecule has 0 spiro atoms. The third kappa shape index (κ3) is 5.66. The minimum atomic E-state index is -4.16. The average Bonchev–Trinajstić information content (AvgIpc) is 2.28. The van der Waals surface area contributed by atoms with E-state index in [1.165, 1.54) is 13.8 Å². The molecule has 0 aliphatic rings. The molecule has 0 aromatic carbocycles.